The molecule has 3 nitrogen and oxygen atoms in total. The standard InChI is InChI=1S/C12H9FN2OS/c1-8-7-17-12(16)15(8)6-9-2-3-11(13)10(4-9)5-14/h2-4,7H,6H2,1H3. The number of hydrogen-bond acceptors (Lipinski definition) is 3. The van der Waals surface area contributed by atoms with Gasteiger partial charge < -0.3 is 0 Å². The van der Waals surface area contributed by atoms with Gasteiger partial charge in [-0.05, 0) is 24.6 Å². The molecule has 5 heteroatoms. The van der Waals surface area contributed by atoms with Gasteiger partial charge in [-0.25, -0.2) is 4.39 Å². The molecule has 1 heterocycles. The minimum Gasteiger partial charge on any atom is -0.299 e. The third-order valence-electron chi connectivity index (χ3n) is 2.47. The summed E-state index contributed by atoms with van der Waals surface area (Å²) in [7, 11) is 0. The maximum Gasteiger partial charge on any atom is 0.307 e. The molecule has 0 amide bonds. The average molecular weight is 248 g/mol. The summed E-state index contributed by atoms with van der Waals surface area (Å²) in [6.45, 7) is 2.20. The Morgan fingerprint density at radius 3 is 2.88 bits per heavy atom. The Morgan fingerprint density at radius 2 is 2.29 bits per heavy atom. The molecule has 0 radical (unpaired) electrons. The van der Waals surface area contributed by atoms with Crippen molar-refractivity contribution in [1.82, 2.24) is 4.57 Å². The first-order valence-electron chi connectivity index (χ1n) is 4.95. The fourth-order valence-electron chi connectivity index (χ4n) is 1.54. The summed E-state index contributed by atoms with van der Waals surface area (Å²) in [6, 6.07) is 6.09. The molecule has 2 aromatic rings. The fourth-order valence-corrected chi connectivity index (χ4v) is 2.27. The Morgan fingerprint density at radius 1 is 1.53 bits per heavy atom. The predicted octanol–water partition coefficient (Wildman–Crippen LogP) is 2.28. The van der Waals surface area contributed by atoms with Gasteiger partial charge in [-0.2, -0.15) is 5.26 Å². The lowest BCUT2D eigenvalue weighted by molar-refractivity contribution is 0.622. The van der Waals surface area contributed by atoms with Crippen LogP contribution in [0.4, 0.5) is 4.39 Å². The molecule has 1 aromatic heterocycles. The molecule has 1 aromatic carbocycles. The van der Waals surface area contributed by atoms with Crippen molar-refractivity contribution in [2.75, 3.05) is 0 Å². The van der Waals surface area contributed by atoms with Gasteiger partial charge in [0.15, 0.2) is 0 Å². The highest BCUT2D eigenvalue weighted by atomic mass is 32.1. The van der Waals surface area contributed by atoms with Gasteiger partial charge in [0.1, 0.15) is 11.9 Å². The van der Waals surface area contributed by atoms with E-state index < -0.39 is 5.82 Å². The summed E-state index contributed by atoms with van der Waals surface area (Å²) in [5.74, 6) is -0.536. The highest BCUT2D eigenvalue weighted by Crippen LogP contribution is 2.11. The maximum atomic E-state index is 13.1. The highest BCUT2D eigenvalue weighted by Gasteiger charge is 2.06. The molecule has 0 unspecified atom stereocenters. The van der Waals surface area contributed by atoms with E-state index in [9.17, 15) is 9.18 Å². The molecule has 0 spiro atoms. The van der Waals surface area contributed by atoms with Crippen LogP contribution in [0, 0.1) is 24.1 Å². The first kappa shape index (κ1) is 11.6. The second-order valence-corrected chi connectivity index (χ2v) is 4.48. The summed E-state index contributed by atoms with van der Waals surface area (Å²) >= 11 is 1.13. The summed E-state index contributed by atoms with van der Waals surface area (Å²) in [4.78, 5) is 11.5. The monoisotopic (exact) mass is 248 g/mol. The van der Waals surface area contributed by atoms with Crippen LogP contribution in [0.3, 0.4) is 0 Å². The molecule has 0 aliphatic rings. The topological polar surface area (TPSA) is 45.8 Å². The lowest BCUT2D eigenvalue weighted by atomic mass is 10.1. The molecule has 0 saturated heterocycles. The number of aryl methyl sites for hydroxylation is 1. The molecule has 2 rings (SSSR count). The van der Waals surface area contributed by atoms with Crippen LogP contribution in [0.25, 0.3) is 0 Å². The van der Waals surface area contributed by atoms with Crippen LogP contribution in [0.15, 0.2) is 28.4 Å². The van der Waals surface area contributed by atoms with E-state index in [-0.39, 0.29) is 10.4 Å². The third-order valence-corrected chi connectivity index (χ3v) is 3.35. The number of nitriles is 1. The molecule has 17 heavy (non-hydrogen) atoms. The van der Waals surface area contributed by atoms with Crippen molar-refractivity contribution < 1.29 is 4.39 Å². The first-order valence-corrected chi connectivity index (χ1v) is 5.83. The Labute approximate surface area is 101 Å². The van der Waals surface area contributed by atoms with Crippen LogP contribution in [0.5, 0.6) is 0 Å². The Bertz CT molecular complexity index is 651. The molecule has 0 atom stereocenters. The fraction of sp³-hybridized carbons (Fsp3) is 0.167. The van der Waals surface area contributed by atoms with E-state index in [1.807, 2.05) is 6.92 Å². The highest BCUT2D eigenvalue weighted by molar-refractivity contribution is 7.07. The van der Waals surface area contributed by atoms with Crippen molar-refractivity contribution in [3.8, 4) is 6.07 Å². The molecule has 0 aliphatic heterocycles. The second kappa shape index (κ2) is 4.52. The van der Waals surface area contributed by atoms with Crippen LogP contribution < -0.4 is 4.87 Å². The van der Waals surface area contributed by atoms with Crippen molar-refractivity contribution >= 4 is 11.3 Å². The Kier molecular flexibility index (Phi) is 3.07. The normalized spacial score (nSPS) is 10.2. The van der Waals surface area contributed by atoms with E-state index in [0.717, 1.165) is 22.6 Å². The van der Waals surface area contributed by atoms with Crippen LogP contribution in [0.1, 0.15) is 16.8 Å². The minimum absolute atomic E-state index is 0.00318. The van der Waals surface area contributed by atoms with Crippen LogP contribution in [-0.4, -0.2) is 4.57 Å². The smallest absolute Gasteiger partial charge is 0.299 e. The number of thiazole rings is 1. The number of aromatic nitrogens is 1. The zero-order valence-corrected chi connectivity index (χ0v) is 9.92. The van der Waals surface area contributed by atoms with Gasteiger partial charge >= 0.3 is 4.87 Å². The molecule has 0 bridgehead atoms. The molecule has 0 aliphatic carbocycles. The van der Waals surface area contributed by atoms with Gasteiger partial charge in [-0.1, -0.05) is 17.4 Å². The number of benzene rings is 1. The van der Waals surface area contributed by atoms with E-state index in [1.54, 1.807) is 22.1 Å². The van der Waals surface area contributed by atoms with Crippen LogP contribution in [-0.2, 0) is 6.54 Å². The van der Waals surface area contributed by atoms with E-state index >= 15 is 0 Å². The van der Waals surface area contributed by atoms with Crippen molar-refractivity contribution in [2.45, 2.75) is 13.5 Å². The zero-order valence-electron chi connectivity index (χ0n) is 9.11. The first-order chi connectivity index (χ1) is 8.11. The SMILES string of the molecule is Cc1csc(=O)n1Cc1ccc(F)c(C#N)c1. The lowest BCUT2D eigenvalue weighted by Gasteiger charge is -2.05. The molecule has 86 valence electrons. The molecular weight excluding hydrogens is 239 g/mol. The van der Waals surface area contributed by atoms with Crippen molar-refractivity contribution in [1.29, 1.82) is 5.26 Å². The van der Waals surface area contributed by atoms with E-state index in [2.05, 4.69) is 0 Å². The number of rotatable bonds is 2. The lowest BCUT2D eigenvalue weighted by Crippen LogP contribution is -2.15. The Balaban J connectivity index is 2.38. The quantitative estimate of drug-likeness (QED) is 0.818. The molecular formula is C12H9FN2OS. The molecule has 0 fully saturated rings. The number of nitrogens with zero attached hydrogens (tertiary/aromatic N) is 2. The average Bonchev–Trinajstić information content (AvgIpc) is 2.63. The van der Waals surface area contributed by atoms with Gasteiger partial charge in [0.05, 0.1) is 12.1 Å². The minimum atomic E-state index is -0.536. The second-order valence-electron chi connectivity index (χ2n) is 3.66. The Hall–Kier alpha value is -1.93. The van der Waals surface area contributed by atoms with Crippen LogP contribution in [0.2, 0.25) is 0 Å². The summed E-state index contributed by atoms with van der Waals surface area (Å²) in [6.07, 6.45) is 0. The van der Waals surface area contributed by atoms with Gasteiger partial charge in [-0.15, -0.1) is 0 Å². The number of hydrogen-bond donors (Lipinski definition) is 0. The maximum absolute atomic E-state index is 13.1. The molecule has 0 saturated carbocycles. The summed E-state index contributed by atoms with van der Waals surface area (Å²) in [5.41, 5.74) is 1.61. The summed E-state index contributed by atoms with van der Waals surface area (Å²) < 4.78 is 14.7. The van der Waals surface area contributed by atoms with E-state index in [4.69, 9.17) is 5.26 Å². The predicted molar refractivity (Wildman–Crippen MR) is 63.5 cm³/mol. The van der Waals surface area contributed by atoms with Crippen molar-refractivity contribution in [2.24, 2.45) is 0 Å². The van der Waals surface area contributed by atoms with Gasteiger partial charge in [-0.3, -0.25) is 9.36 Å². The zero-order chi connectivity index (χ0) is 12.4. The third kappa shape index (κ3) is 2.27. The van der Waals surface area contributed by atoms with E-state index in [1.165, 1.54) is 12.1 Å². The summed E-state index contributed by atoms with van der Waals surface area (Å²) in [5, 5.41) is 10.5. The van der Waals surface area contributed by atoms with Gasteiger partial charge in [0.2, 0.25) is 0 Å². The number of halogens is 1. The van der Waals surface area contributed by atoms with Crippen molar-refractivity contribution in [3.63, 3.8) is 0 Å². The largest absolute Gasteiger partial charge is 0.307 e. The van der Waals surface area contributed by atoms with E-state index in [0.29, 0.717) is 6.54 Å². The molecule has 0 N–H and O–H groups in total. The van der Waals surface area contributed by atoms with Crippen LogP contribution >= 0.6 is 11.3 Å². The van der Waals surface area contributed by atoms with Gasteiger partial charge in [0.25, 0.3) is 0 Å². The van der Waals surface area contributed by atoms with Crippen molar-refractivity contribution in [3.05, 3.63) is 55.9 Å². The van der Waals surface area contributed by atoms with Gasteiger partial charge in [0, 0.05) is 11.1 Å².